The lowest BCUT2D eigenvalue weighted by molar-refractivity contribution is -0.153. The van der Waals surface area contributed by atoms with E-state index in [9.17, 15) is 0 Å². The summed E-state index contributed by atoms with van der Waals surface area (Å²) in [5, 5.41) is 0. The zero-order chi connectivity index (χ0) is 14.2. The Kier molecular flexibility index (Phi) is 3.74. The summed E-state index contributed by atoms with van der Waals surface area (Å²) in [6.07, 6.45) is 6.04. The Balaban J connectivity index is 1.68. The molecule has 0 bridgehead atoms. The maximum Gasteiger partial charge on any atom is 0.122 e. The van der Waals surface area contributed by atoms with Crippen LogP contribution in [0.2, 0.25) is 0 Å². The molecule has 1 aliphatic heterocycles. The predicted molar refractivity (Wildman–Crippen MR) is 80.0 cm³/mol. The number of rotatable bonds is 3. The van der Waals surface area contributed by atoms with Gasteiger partial charge < -0.3 is 15.2 Å². The second-order valence-electron chi connectivity index (χ2n) is 6.43. The second kappa shape index (κ2) is 5.38. The van der Waals surface area contributed by atoms with E-state index in [1.54, 1.807) is 0 Å². The van der Waals surface area contributed by atoms with Crippen molar-refractivity contribution in [3.8, 4) is 5.75 Å². The molecule has 1 heterocycles. The zero-order valence-corrected chi connectivity index (χ0v) is 12.5. The van der Waals surface area contributed by atoms with Gasteiger partial charge in [0.1, 0.15) is 11.9 Å². The molecule has 20 heavy (non-hydrogen) atoms. The number of hydrogen-bond donors (Lipinski definition) is 1. The molecule has 2 N–H and O–H groups in total. The van der Waals surface area contributed by atoms with Crippen LogP contribution >= 0.6 is 0 Å². The molecule has 0 radical (unpaired) electrons. The fourth-order valence-electron chi connectivity index (χ4n) is 3.27. The van der Waals surface area contributed by atoms with E-state index in [1.807, 2.05) is 6.92 Å². The Morgan fingerprint density at radius 3 is 2.80 bits per heavy atom. The summed E-state index contributed by atoms with van der Waals surface area (Å²) in [6, 6.07) is 6.35. The monoisotopic (exact) mass is 275 g/mol. The van der Waals surface area contributed by atoms with E-state index in [2.05, 4.69) is 25.1 Å². The van der Waals surface area contributed by atoms with Gasteiger partial charge in [0.2, 0.25) is 0 Å². The van der Waals surface area contributed by atoms with Crippen molar-refractivity contribution in [2.24, 2.45) is 5.73 Å². The lowest BCUT2D eigenvalue weighted by Gasteiger charge is -2.47. The van der Waals surface area contributed by atoms with Gasteiger partial charge in [0.25, 0.3) is 0 Å². The van der Waals surface area contributed by atoms with Crippen LogP contribution in [-0.4, -0.2) is 18.3 Å². The van der Waals surface area contributed by atoms with E-state index in [0.29, 0.717) is 6.10 Å². The molecular formula is C17H25NO2. The van der Waals surface area contributed by atoms with Gasteiger partial charge in [0, 0.05) is 18.9 Å². The summed E-state index contributed by atoms with van der Waals surface area (Å²) in [7, 11) is 0. The molecule has 2 aliphatic rings. The van der Waals surface area contributed by atoms with Gasteiger partial charge >= 0.3 is 0 Å². The van der Waals surface area contributed by atoms with E-state index in [4.69, 9.17) is 15.2 Å². The van der Waals surface area contributed by atoms with E-state index in [1.165, 1.54) is 24.8 Å². The first-order valence-corrected chi connectivity index (χ1v) is 7.75. The molecule has 1 spiro atoms. The summed E-state index contributed by atoms with van der Waals surface area (Å²) in [4.78, 5) is 0. The third kappa shape index (κ3) is 2.70. The van der Waals surface area contributed by atoms with Crippen LogP contribution in [0.5, 0.6) is 5.75 Å². The van der Waals surface area contributed by atoms with Crippen molar-refractivity contribution in [3.63, 3.8) is 0 Å². The molecule has 1 saturated carbocycles. The van der Waals surface area contributed by atoms with Gasteiger partial charge in [-0.1, -0.05) is 12.1 Å². The van der Waals surface area contributed by atoms with Crippen molar-refractivity contribution in [2.45, 2.75) is 63.7 Å². The number of nitrogens with two attached hydrogens (primary N) is 1. The molecule has 1 saturated heterocycles. The van der Waals surface area contributed by atoms with Crippen molar-refractivity contribution in [1.82, 2.24) is 0 Å². The topological polar surface area (TPSA) is 44.5 Å². The van der Waals surface area contributed by atoms with Crippen molar-refractivity contribution in [2.75, 3.05) is 6.61 Å². The SMILES string of the molecule is Cc1cc([C@H](C)N)ccc1OC1CCOC2(CCC2)C1. The highest BCUT2D eigenvalue weighted by Crippen LogP contribution is 2.43. The van der Waals surface area contributed by atoms with Gasteiger partial charge in [-0.15, -0.1) is 0 Å². The number of benzene rings is 1. The average molecular weight is 275 g/mol. The Hall–Kier alpha value is -1.06. The van der Waals surface area contributed by atoms with Crippen molar-refractivity contribution < 1.29 is 9.47 Å². The summed E-state index contributed by atoms with van der Waals surface area (Å²) >= 11 is 0. The first kappa shape index (κ1) is 13.9. The summed E-state index contributed by atoms with van der Waals surface area (Å²) in [5.41, 5.74) is 8.40. The molecule has 0 aromatic heterocycles. The highest BCUT2D eigenvalue weighted by molar-refractivity contribution is 5.37. The van der Waals surface area contributed by atoms with E-state index >= 15 is 0 Å². The van der Waals surface area contributed by atoms with Crippen LogP contribution in [0.15, 0.2) is 18.2 Å². The van der Waals surface area contributed by atoms with E-state index < -0.39 is 0 Å². The average Bonchev–Trinajstić information content (AvgIpc) is 2.39. The van der Waals surface area contributed by atoms with Crippen LogP contribution < -0.4 is 10.5 Å². The summed E-state index contributed by atoms with van der Waals surface area (Å²) in [5.74, 6) is 0.996. The molecule has 1 aromatic carbocycles. The fourth-order valence-corrected chi connectivity index (χ4v) is 3.27. The van der Waals surface area contributed by atoms with Gasteiger partial charge in [-0.05, 0) is 50.3 Å². The Bertz CT molecular complexity index is 480. The van der Waals surface area contributed by atoms with Gasteiger partial charge in [-0.3, -0.25) is 0 Å². The number of ether oxygens (including phenoxy) is 2. The highest BCUT2D eigenvalue weighted by atomic mass is 16.5. The minimum absolute atomic E-state index is 0.0732. The van der Waals surface area contributed by atoms with Crippen LogP contribution in [0.4, 0.5) is 0 Å². The fraction of sp³-hybridized carbons (Fsp3) is 0.647. The molecule has 2 fully saturated rings. The van der Waals surface area contributed by atoms with Crippen molar-refractivity contribution in [3.05, 3.63) is 29.3 Å². The number of aryl methyl sites for hydroxylation is 1. The highest BCUT2D eigenvalue weighted by Gasteiger charge is 2.43. The van der Waals surface area contributed by atoms with Crippen molar-refractivity contribution in [1.29, 1.82) is 0 Å². The third-order valence-electron chi connectivity index (χ3n) is 4.73. The molecule has 1 unspecified atom stereocenters. The third-order valence-corrected chi connectivity index (χ3v) is 4.73. The molecule has 1 aromatic rings. The second-order valence-corrected chi connectivity index (χ2v) is 6.43. The predicted octanol–water partition coefficient (Wildman–Crippen LogP) is 3.50. The maximum atomic E-state index is 6.23. The molecule has 3 heteroatoms. The molecule has 110 valence electrons. The van der Waals surface area contributed by atoms with Crippen molar-refractivity contribution >= 4 is 0 Å². The Morgan fingerprint density at radius 1 is 1.40 bits per heavy atom. The van der Waals surface area contributed by atoms with Gasteiger partial charge in [0.05, 0.1) is 12.2 Å². The van der Waals surface area contributed by atoms with E-state index in [-0.39, 0.29) is 11.6 Å². The van der Waals surface area contributed by atoms with Crippen LogP contribution in [0.25, 0.3) is 0 Å². The Labute approximate surface area is 121 Å². The van der Waals surface area contributed by atoms with Crippen LogP contribution in [-0.2, 0) is 4.74 Å². The smallest absolute Gasteiger partial charge is 0.122 e. The lowest BCUT2D eigenvalue weighted by Crippen LogP contribution is -2.48. The molecule has 2 atom stereocenters. The quantitative estimate of drug-likeness (QED) is 0.918. The first-order chi connectivity index (χ1) is 9.58. The first-order valence-electron chi connectivity index (χ1n) is 7.75. The minimum atomic E-state index is 0.0732. The van der Waals surface area contributed by atoms with E-state index in [0.717, 1.165) is 30.8 Å². The van der Waals surface area contributed by atoms with Gasteiger partial charge in [-0.25, -0.2) is 0 Å². The Morgan fingerprint density at radius 2 is 2.20 bits per heavy atom. The van der Waals surface area contributed by atoms with Crippen LogP contribution in [0.1, 0.15) is 56.2 Å². The zero-order valence-electron chi connectivity index (χ0n) is 12.5. The molecule has 1 aliphatic carbocycles. The molecular weight excluding hydrogens is 250 g/mol. The standard InChI is InChI=1S/C17H25NO2/c1-12-10-14(13(2)18)4-5-16(12)20-15-6-9-19-17(11-15)7-3-8-17/h4-5,10,13,15H,3,6-9,11,18H2,1-2H3/t13-,15?/m0/s1. The largest absolute Gasteiger partial charge is 0.490 e. The summed E-state index contributed by atoms with van der Waals surface area (Å²) < 4.78 is 12.2. The molecule has 3 rings (SSSR count). The normalized spacial score (nSPS) is 26.1. The maximum absolute atomic E-state index is 6.23. The summed E-state index contributed by atoms with van der Waals surface area (Å²) in [6.45, 7) is 4.94. The molecule has 3 nitrogen and oxygen atoms in total. The minimum Gasteiger partial charge on any atom is -0.490 e. The number of hydrogen-bond acceptors (Lipinski definition) is 3. The molecule has 0 amide bonds. The van der Waals surface area contributed by atoms with Gasteiger partial charge in [0.15, 0.2) is 0 Å². The van der Waals surface area contributed by atoms with Crippen LogP contribution in [0.3, 0.4) is 0 Å². The lowest BCUT2D eigenvalue weighted by atomic mass is 9.74. The van der Waals surface area contributed by atoms with Gasteiger partial charge in [-0.2, -0.15) is 0 Å². The van der Waals surface area contributed by atoms with Crippen LogP contribution in [0, 0.1) is 6.92 Å².